The molecule has 1 aliphatic heterocycles. The Kier molecular flexibility index (Phi) is 7.82. The predicted molar refractivity (Wildman–Crippen MR) is 138 cm³/mol. The summed E-state index contributed by atoms with van der Waals surface area (Å²) in [6.45, 7) is 9.66. The van der Waals surface area contributed by atoms with E-state index in [0.717, 1.165) is 49.7 Å². The van der Waals surface area contributed by atoms with Gasteiger partial charge in [0.2, 0.25) is 5.95 Å². The summed E-state index contributed by atoms with van der Waals surface area (Å²) in [5, 5.41) is 12.4. The van der Waals surface area contributed by atoms with Gasteiger partial charge in [0.1, 0.15) is 5.75 Å². The van der Waals surface area contributed by atoms with Gasteiger partial charge in [-0.3, -0.25) is 4.90 Å². The standard InChI is InChI=1S/C26H34N6O2/c1-19(2)18-34-25-8-3-20(17-23(25)27)24-9-10-28-26(30-24)29-21-4-6-22(7-5-21)32-13-11-31(12-14-32)15-16-33/h3-10,17,19,33H,11-16,18,27H2,1-2H3,(H,28,29,30). The van der Waals surface area contributed by atoms with Gasteiger partial charge < -0.3 is 25.8 Å². The monoisotopic (exact) mass is 462 g/mol. The highest BCUT2D eigenvalue weighted by molar-refractivity contribution is 5.69. The number of nitrogens with two attached hydrogens (primary N) is 1. The third-order valence-corrected chi connectivity index (χ3v) is 5.81. The molecule has 1 saturated heterocycles. The van der Waals surface area contributed by atoms with E-state index in [1.54, 1.807) is 6.20 Å². The number of ether oxygens (including phenoxy) is 1. The van der Waals surface area contributed by atoms with E-state index in [1.807, 2.05) is 36.4 Å². The number of aliphatic hydroxyl groups excluding tert-OH is 1. The van der Waals surface area contributed by atoms with Crippen LogP contribution in [0.25, 0.3) is 11.3 Å². The average Bonchev–Trinajstić information content (AvgIpc) is 2.84. The van der Waals surface area contributed by atoms with Crippen molar-refractivity contribution in [1.82, 2.24) is 14.9 Å². The first-order valence-corrected chi connectivity index (χ1v) is 11.8. The average molecular weight is 463 g/mol. The molecule has 2 heterocycles. The Morgan fingerprint density at radius 1 is 1.06 bits per heavy atom. The van der Waals surface area contributed by atoms with Gasteiger partial charge in [-0.05, 0) is 54.4 Å². The van der Waals surface area contributed by atoms with E-state index in [1.165, 1.54) is 5.69 Å². The molecule has 0 bridgehead atoms. The number of nitrogens with one attached hydrogen (secondary N) is 1. The van der Waals surface area contributed by atoms with Gasteiger partial charge in [-0.2, -0.15) is 0 Å². The fourth-order valence-electron chi connectivity index (χ4n) is 3.93. The van der Waals surface area contributed by atoms with Crippen LogP contribution in [-0.2, 0) is 0 Å². The SMILES string of the molecule is CC(C)COc1ccc(-c2ccnc(Nc3ccc(N4CCN(CCO)CC4)cc3)n2)cc1N. The van der Waals surface area contributed by atoms with Crippen molar-refractivity contribution in [2.45, 2.75) is 13.8 Å². The molecule has 0 atom stereocenters. The Balaban J connectivity index is 1.39. The summed E-state index contributed by atoms with van der Waals surface area (Å²) in [7, 11) is 0. The first-order chi connectivity index (χ1) is 16.5. The van der Waals surface area contributed by atoms with Crippen molar-refractivity contribution in [3.8, 4) is 17.0 Å². The van der Waals surface area contributed by atoms with E-state index >= 15 is 0 Å². The molecule has 8 heteroatoms. The second-order valence-electron chi connectivity index (χ2n) is 8.95. The zero-order valence-corrected chi connectivity index (χ0v) is 19.9. The molecular weight excluding hydrogens is 428 g/mol. The Morgan fingerprint density at radius 3 is 2.50 bits per heavy atom. The third kappa shape index (κ3) is 6.15. The second-order valence-corrected chi connectivity index (χ2v) is 8.95. The smallest absolute Gasteiger partial charge is 0.227 e. The van der Waals surface area contributed by atoms with Crippen LogP contribution in [-0.4, -0.2) is 65.9 Å². The van der Waals surface area contributed by atoms with Gasteiger partial charge >= 0.3 is 0 Å². The number of benzene rings is 2. The van der Waals surface area contributed by atoms with Crippen LogP contribution in [0.2, 0.25) is 0 Å². The number of nitrogens with zero attached hydrogens (tertiary/aromatic N) is 4. The van der Waals surface area contributed by atoms with Crippen LogP contribution in [0.3, 0.4) is 0 Å². The summed E-state index contributed by atoms with van der Waals surface area (Å²) in [6.07, 6.45) is 1.74. The van der Waals surface area contributed by atoms with Crippen molar-refractivity contribution in [3.05, 3.63) is 54.7 Å². The van der Waals surface area contributed by atoms with Crippen LogP contribution in [0, 0.1) is 5.92 Å². The number of hydrogen-bond acceptors (Lipinski definition) is 8. The predicted octanol–water partition coefficient (Wildman–Crippen LogP) is 3.62. The number of aromatic nitrogens is 2. The van der Waals surface area contributed by atoms with Crippen LogP contribution in [0.5, 0.6) is 5.75 Å². The summed E-state index contributed by atoms with van der Waals surface area (Å²) in [4.78, 5) is 13.7. The van der Waals surface area contributed by atoms with E-state index in [4.69, 9.17) is 15.6 Å². The molecule has 4 N–H and O–H groups in total. The van der Waals surface area contributed by atoms with Crippen molar-refractivity contribution >= 4 is 23.0 Å². The van der Waals surface area contributed by atoms with Gasteiger partial charge in [0.15, 0.2) is 0 Å². The van der Waals surface area contributed by atoms with Crippen molar-refractivity contribution < 1.29 is 9.84 Å². The Morgan fingerprint density at radius 2 is 1.82 bits per heavy atom. The molecule has 0 aliphatic carbocycles. The van der Waals surface area contributed by atoms with E-state index in [2.05, 4.69) is 51.1 Å². The summed E-state index contributed by atoms with van der Waals surface area (Å²) >= 11 is 0. The second kappa shape index (κ2) is 11.2. The fraction of sp³-hybridized carbons (Fsp3) is 0.385. The van der Waals surface area contributed by atoms with E-state index in [9.17, 15) is 0 Å². The Labute approximate surface area is 201 Å². The number of anilines is 4. The number of nitrogen functional groups attached to an aromatic ring is 1. The third-order valence-electron chi connectivity index (χ3n) is 5.81. The largest absolute Gasteiger partial charge is 0.491 e. The van der Waals surface area contributed by atoms with Crippen molar-refractivity contribution in [3.63, 3.8) is 0 Å². The zero-order chi connectivity index (χ0) is 23.9. The molecule has 8 nitrogen and oxygen atoms in total. The molecule has 4 rings (SSSR count). The van der Waals surface area contributed by atoms with Gasteiger partial charge in [-0.1, -0.05) is 13.8 Å². The molecule has 0 unspecified atom stereocenters. The number of β-amino-alcohol motifs (C(OH)–C–C–N with tert-alkyl or cyclic N) is 1. The molecule has 0 spiro atoms. The minimum absolute atomic E-state index is 0.217. The summed E-state index contributed by atoms with van der Waals surface area (Å²) in [6, 6.07) is 15.9. The first-order valence-electron chi connectivity index (χ1n) is 11.8. The van der Waals surface area contributed by atoms with E-state index in [0.29, 0.717) is 29.9 Å². The van der Waals surface area contributed by atoms with Crippen molar-refractivity contribution in [2.75, 3.05) is 61.9 Å². The molecule has 1 aromatic heterocycles. The lowest BCUT2D eigenvalue weighted by Gasteiger charge is -2.35. The topological polar surface area (TPSA) is 99.8 Å². The maximum atomic E-state index is 9.11. The number of rotatable bonds is 9. The fourth-order valence-corrected chi connectivity index (χ4v) is 3.93. The maximum Gasteiger partial charge on any atom is 0.227 e. The number of aliphatic hydroxyl groups is 1. The van der Waals surface area contributed by atoms with Crippen LogP contribution >= 0.6 is 0 Å². The van der Waals surface area contributed by atoms with Gasteiger partial charge in [0.05, 0.1) is 24.6 Å². The van der Waals surface area contributed by atoms with E-state index < -0.39 is 0 Å². The summed E-state index contributed by atoms with van der Waals surface area (Å²) in [5.74, 6) is 1.66. The lowest BCUT2D eigenvalue weighted by Crippen LogP contribution is -2.47. The van der Waals surface area contributed by atoms with Crippen LogP contribution in [0.1, 0.15) is 13.8 Å². The van der Waals surface area contributed by atoms with Gasteiger partial charge in [0, 0.05) is 55.9 Å². The molecule has 1 aliphatic rings. The lowest BCUT2D eigenvalue weighted by atomic mass is 10.1. The van der Waals surface area contributed by atoms with Gasteiger partial charge in [-0.15, -0.1) is 0 Å². The zero-order valence-electron chi connectivity index (χ0n) is 19.9. The molecule has 180 valence electrons. The summed E-state index contributed by atoms with van der Waals surface area (Å²) in [5.41, 5.74) is 10.6. The minimum Gasteiger partial charge on any atom is -0.491 e. The molecule has 34 heavy (non-hydrogen) atoms. The molecule has 1 fully saturated rings. The molecule has 0 saturated carbocycles. The Hall–Kier alpha value is -3.36. The molecule has 0 amide bonds. The Bertz CT molecular complexity index is 1070. The van der Waals surface area contributed by atoms with Gasteiger partial charge in [0.25, 0.3) is 0 Å². The first kappa shape index (κ1) is 23.8. The molecule has 3 aromatic rings. The lowest BCUT2D eigenvalue weighted by molar-refractivity contribution is 0.189. The van der Waals surface area contributed by atoms with E-state index in [-0.39, 0.29) is 6.61 Å². The minimum atomic E-state index is 0.217. The van der Waals surface area contributed by atoms with Crippen molar-refractivity contribution in [1.29, 1.82) is 0 Å². The quantitative estimate of drug-likeness (QED) is 0.415. The summed E-state index contributed by atoms with van der Waals surface area (Å²) < 4.78 is 5.78. The maximum absolute atomic E-state index is 9.11. The highest BCUT2D eigenvalue weighted by Crippen LogP contribution is 2.29. The van der Waals surface area contributed by atoms with Crippen LogP contribution in [0.4, 0.5) is 23.0 Å². The number of hydrogen-bond donors (Lipinski definition) is 3. The van der Waals surface area contributed by atoms with Crippen molar-refractivity contribution in [2.24, 2.45) is 5.92 Å². The van der Waals surface area contributed by atoms with Crippen LogP contribution in [0.15, 0.2) is 54.7 Å². The molecule has 2 aromatic carbocycles. The highest BCUT2D eigenvalue weighted by Gasteiger charge is 2.16. The molecule has 0 radical (unpaired) electrons. The highest BCUT2D eigenvalue weighted by atomic mass is 16.5. The number of piperazine rings is 1. The van der Waals surface area contributed by atoms with Gasteiger partial charge in [-0.25, -0.2) is 9.97 Å². The molecular formula is C26H34N6O2. The van der Waals surface area contributed by atoms with Crippen LogP contribution < -0.4 is 20.7 Å². The normalized spacial score (nSPS) is 14.4.